The Balaban J connectivity index is 1.60. The van der Waals surface area contributed by atoms with Crippen molar-refractivity contribution in [1.82, 2.24) is 19.7 Å². The predicted molar refractivity (Wildman–Crippen MR) is 100 cm³/mol. The summed E-state index contributed by atoms with van der Waals surface area (Å²) in [6.07, 6.45) is 2.55. The number of carbonyl (C=O) groups excluding carboxylic acids is 1. The number of aromatic nitrogens is 4. The predicted octanol–water partition coefficient (Wildman–Crippen LogP) is 3.04. The highest BCUT2D eigenvalue weighted by molar-refractivity contribution is 8.00. The topological polar surface area (TPSA) is 81.9 Å². The number of anilines is 1. The molecular weight excluding hydrogens is 358 g/mol. The van der Waals surface area contributed by atoms with Crippen LogP contribution in [0.25, 0.3) is 10.2 Å². The molecule has 0 aliphatic carbocycles. The van der Waals surface area contributed by atoms with Gasteiger partial charge in [-0.2, -0.15) is 0 Å². The molecule has 0 fully saturated rings. The number of benzene rings is 1. The first-order valence-corrected chi connectivity index (χ1v) is 9.57. The highest BCUT2D eigenvalue weighted by Gasteiger charge is 2.19. The number of rotatable bonds is 8. The molecular formula is C16H19N5O2S2. The third-order valence-electron chi connectivity index (χ3n) is 3.50. The summed E-state index contributed by atoms with van der Waals surface area (Å²) in [5.41, 5.74) is 0.890. The number of hydrogen-bond donors (Lipinski definition) is 1. The molecule has 1 atom stereocenters. The zero-order chi connectivity index (χ0) is 17.6. The van der Waals surface area contributed by atoms with Gasteiger partial charge in [0, 0.05) is 20.3 Å². The highest BCUT2D eigenvalue weighted by Crippen LogP contribution is 2.27. The van der Waals surface area contributed by atoms with Crippen LogP contribution >= 0.6 is 23.1 Å². The molecule has 0 aliphatic heterocycles. The zero-order valence-electron chi connectivity index (χ0n) is 14.0. The number of aryl methyl sites for hydroxylation is 1. The van der Waals surface area contributed by atoms with Gasteiger partial charge in [-0.1, -0.05) is 35.2 Å². The van der Waals surface area contributed by atoms with Crippen LogP contribution in [0.3, 0.4) is 0 Å². The number of fused-ring (bicyclic) bond motifs is 1. The molecule has 1 unspecified atom stereocenters. The van der Waals surface area contributed by atoms with Gasteiger partial charge in [-0.15, -0.1) is 10.2 Å². The van der Waals surface area contributed by atoms with E-state index in [1.165, 1.54) is 23.1 Å². The van der Waals surface area contributed by atoms with Gasteiger partial charge in [-0.25, -0.2) is 4.98 Å². The maximum Gasteiger partial charge on any atom is 0.239 e. The van der Waals surface area contributed by atoms with E-state index in [1.807, 2.05) is 35.8 Å². The smallest absolute Gasteiger partial charge is 0.239 e. The summed E-state index contributed by atoms with van der Waals surface area (Å²) in [6.45, 7) is 3.28. The van der Waals surface area contributed by atoms with E-state index in [0.717, 1.165) is 28.3 Å². The highest BCUT2D eigenvalue weighted by atomic mass is 32.2. The van der Waals surface area contributed by atoms with Gasteiger partial charge in [-0.3, -0.25) is 4.79 Å². The van der Waals surface area contributed by atoms with E-state index in [2.05, 4.69) is 20.5 Å². The van der Waals surface area contributed by atoms with E-state index in [-0.39, 0.29) is 11.2 Å². The fraction of sp³-hybridized carbons (Fsp3) is 0.375. The first-order valence-electron chi connectivity index (χ1n) is 7.87. The summed E-state index contributed by atoms with van der Waals surface area (Å²) in [7, 11) is 1.68. The van der Waals surface area contributed by atoms with Gasteiger partial charge in [0.15, 0.2) is 10.3 Å². The van der Waals surface area contributed by atoms with Crippen LogP contribution in [-0.2, 0) is 16.1 Å². The number of nitrogens with zero attached hydrogens (tertiary/aromatic N) is 4. The lowest BCUT2D eigenvalue weighted by Gasteiger charge is -2.11. The Labute approximate surface area is 153 Å². The zero-order valence-corrected chi connectivity index (χ0v) is 15.6. The van der Waals surface area contributed by atoms with Gasteiger partial charge in [-0.05, 0) is 25.5 Å². The van der Waals surface area contributed by atoms with E-state index in [1.54, 1.807) is 13.4 Å². The number of para-hydroxylation sites is 1. The molecule has 2 aromatic heterocycles. The standard InChI is InChI=1S/C16H19N5O2S2/c1-11(24-16-20-17-10-21(16)8-5-9-23-2)14(22)19-15-18-12-6-3-4-7-13(12)25-15/h3-4,6-7,10-11H,5,8-9H2,1-2H3,(H,18,19,22). The molecule has 3 rings (SSSR count). The average molecular weight is 377 g/mol. The Kier molecular flexibility index (Phi) is 6.00. The molecule has 0 bridgehead atoms. The van der Waals surface area contributed by atoms with Crippen molar-refractivity contribution in [3.8, 4) is 0 Å². The SMILES string of the molecule is COCCCn1cnnc1SC(C)C(=O)Nc1nc2ccccc2s1. The van der Waals surface area contributed by atoms with Gasteiger partial charge in [0.05, 0.1) is 15.5 Å². The van der Waals surface area contributed by atoms with E-state index in [0.29, 0.717) is 11.7 Å². The van der Waals surface area contributed by atoms with Gasteiger partial charge < -0.3 is 14.6 Å². The molecule has 7 nitrogen and oxygen atoms in total. The second-order valence-corrected chi connectivity index (χ2v) is 7.73. The molecule has 0 aliphatic rings. The summed E-state index contributed by atoms with van der Waals surface area (Å²) in [6, 6.07) is 7.81. The third-order valence-corrected chi connectivity index (χ3v) is 5.55. The number of methoxy groups -OCH3 is 1. The van der Waals surface area contributed by atoms with Crippen LogP contribution in [0.5, 0.6) is 0 Å². The fourth-order valence-electron chi connectivity index (χ4n) is 2.21. The number of ether oxygens (including phenoxy) is 1. The van der Waals surface area contributed by atoms with Crippen LogP contribution in [-0.4, -0.2) is 44.6 Å². The second-order valence-electron chi connectivity index (χ2n) is 5.39. The third kappa shape index (κ3) is 4.56. The quantitative estimate of drug-likeness (QED) is 0.480. The minimum atomic E-state index is -0.308. The van der Waals surface area contributed by atoms with Crippen LogP contribution in [0.1, 0.15) is 13.3 Å². The van der Waals surface area contributed by atoms with Crippen molar-refractivity contribution in [1.29, 1.82) is 0 Å². The molecule has 3 aromatic rings. The Morgan fingerprint density at radius 1 is 1.44 bits per heavy atom. The summed E-state index contributed by atoms with van der Waals surface area (Å²) < 4.78 is 8.05. The van der Waals surface area contributed by atoms with Crippen LogP contribution in [0.2, 0.25) is 0 Å². The molecule has 1 aromatic carbocycles. The molecule has 0 spiro atoms. The maximum atomic E-state index is 12.4. The lowest BCUT2D eigenvalue weighted by Crippen LogP contribution is -2.22. The van der Waals surface area contributed by atoms with Crippen LogP contribution in [0.15, 0.2) is 35.7 Å². The van der Waals surface area contributed by atoms with Crippen molar-refractivity contribution < 1.29 is 9.53 Å². The number of nitrogens with one attached hydrogen (secondary N) is 1. The first-order chi connectivity index (χ1) is 12.2. The van der Waals surface area contributed by atoms with E-state index in [9.17, 15) is 4.79 Å². The summed E-state index contributed by atoms with van der Waals surface area (Å²) in [4.78, 5) is 16.9. The Bertz CT molecular complexity index is 815. The monoisotopic (exact) mass is 377 g/mol. The lowest BCUT2D eigenvalue weighted by molar-refractivity contribution is -0.115. The second kappa shape index (κ2) is 8.41. The minimum Gasteiger partial charge on any atom is -0.385 e. The minimum absolute atomic E-state index is 0.101. The van der Waals surface area contributed by atoms with Crippen LogP contribution < -0.4 is 5.32 Å². The van der Waals surface area contributed by atoms with Crippen LogP contribution in [0.4, 0.5) is 5.13 Å². The Morgan fingerprint density at radius 2 is 2.28 bits per heavy atom. The fourth-order valence-corrected chi connectivity index (χ4v) is 3.93. The van der Waals surface area contributed by atoms with E-state index >= 15 is 0 Å². The first kappa shape index (κ1) is 17.8. The molecule has 2 heterocycles. The van der Waals surface area contributed by atoms with E-state index in [4.69, 9.17) is 4.74 Å². The van der Waals surface area contributed by atoms with Gasteiger partial charge in [0.1, 0.15) is 6.33 Å². The van der Waals surface area contributed by atoms with Crippen molar-refractivity contribution in [2.24, 2.45) is 0 Å². The maximum absolute atomic E-state index is 12.4. The molecule has 1 amide bonds. The number of thioether (sulfide) groups is 1. The molecule has 1 N–H and O–H groups in total. The van der Waals surface area contributed by atoms with E-state index < -0.39 is 0 Å². The number of thiazole rings is 1. The largest absolute Gasteiger partial charge is 0.385 e. The number of amides is 1. The van der Waals surface area contributed by atoms with Crippen molar-refractivity contribution in [2.75, 3.05) is 19.0 Å². The van der Waals surface area contributed by atoms with Crippen LogP contribution in [0, 0.1) is 0 Å². The normalized spacial score (nSPS) is 12.4. The summed E-state index contributed by atoms with van der Waals surface area (Å²) in [5.74, 6) is -0.101. The lowest BCUT2D eigenvalue weighted by atomic mass is 10.3. The molecule has 0 saturated carbocycles. The van der Waals surface area contributed by atoms with Crippen molar-refractivity contribution in [3.05, 3.63) is 30.6 Å². The molecule has 0 saturated heterocycles. The summed E-state index contributed by atoms with van der Waals surface area (Å²) >= 11 is 2.85. The van der Waals surface area contributed by atoms with Crippen molar-refractivity contribution in [3.63, 3.8) is 0 Å². The van der Waals surface area contributed by atoms with Gasteiger partial charge in [0.2, 0.25) is 5.91 Å². The summed E-state index contributed by atoms with van der Waals surface area (Å²) in [5, 5.41) is 12.0. The van der Waals surface area contributed by atoms with Crippen molar-refractivity contribution >= 4 is 44.4 Å². The molecule has 0 radical (unpaired) electrons. The Morgan fingerprint density at radius 3 is 3.08 bits per heavy atom. The molecule has 25 heavy (non-hydrogen) atoms. The number of hydrogen-bond acceptors (Lipinski definition) is 7. The van der Waals surface area contributed by atoms with Gasteiger partial charge in [0.25, 0.3) is 0 Å². The number of carbonyl (C=O) groups is 1. The van der Waals surface area contributed by atoms with Crippen molar-refractivity contribution in [2.45, 2.75) is 30.3 Å². The Hall–Kier alpha value is -1.97. The molecule has 9 heteroatoms. The average Bonchev–Trinajstić information content (AvgIpc) is 3.21. The molecule has 132 valence electrons. The van der Waals surface area contributed by atoms with Gasteiger partial charge >= 0.3 is 0 Å².